The molecule has 158 valence electrons. The van der Waals surface area contributed by atoms with Crippen LogP contribution in [0.2, 0.25) is 0 Å². The zero-order chi connectivity index (χ0) is 21.5. The fraction of sp³-hybridized carbons (Fsp3) is 0.200. The molecule has 0 amide bonds. The molecule has 7 nitrogen and oxygen atoms in total. The third-order valence-corrected chi connectivity index (χ3v) is 6.35. The van der Waals surface area contributed by atoms with E-state index >= 15 is 0 Å². The number of carbonyl (C=O) groups excluding carboxylic acids is 1. The second kappa shape index (κ2) is 7.30. The highest BCUT2D eigenvalue weighted by Crippen LogP contribution is 2.44. The predicted octanol–water partition coefficient (Wildman–Crippen LogP) is 4.20. The van der Waals surface area contributed by atoms with Crippen LogP contribution in [0, 0.1) is 0 Å². The molecule has 2 aromatic carbocycles. The summed E-state index contributed by atoms with van der Waals surface area (Å²) in [6, 6.07) is 21.5. The molecule has 2 aliphatic rings. The van der Waals surface area contributed by atoms with Crippen molar-refractivity contribution in [2.45, 2.75) is 18.4 Å². The summed E-state index contributed by atoms with van der Waals surface area (Å²) in [5.74, 6) is 1.34. The molecule has 4 heterocycles. The Kier molecular flexibility index (Phi) is 4.28. The van der Waals surface area contributed by atoms with Crippen LogP contribution < -0.4 is 4.90 Å². The smallest absolute Gasteiger partial charge is 0.339 e. The molecule has 32 heavy (non-hydrogen) atoms. The van der Waals surface area contributed by atoms with Crippen LogP contribution in [0.4, 0.5) is 5.82 Å². The Bertz CT molecular complexity index is 1290. The van der Waals surface area contributed by atoms with Gasteiger partial charge in [0.25, 0.3) is 0 Å². The van der Waals surface area contributed by atoms with Gasteiger partial charge < -0.3 is 9.64 Å². The molecule has 0 radical (unpaired) electrons. The van der Waals surface area contributed by atoms with Gasteiger partial charge in [0.1, 0.15) is 5.60 Å². The summed E-state index contributed by atoms with van der Waals surface area (Å²) in [4.78, 5) is 23.6. The molecule has 1 fully saturated rings. The number of ether oxygens (including phenoxy) is 1. The Hall–Kier alpha value is -4.00. The average molecular weight is 423 g/mol. The molecule has 0 atom stereocenters. The minimum absolute atomic E-state index is 0.214. The highest BCUT2D eigenvalue weighted by Gasteiger charge is 2.47. The van der Waals surface area contributed by atoms with Gasteiger partial charge in [0.15, 0.2) is 11.6 Å². The number of benzene rings is 2. The minimum atomic E-state index is -0.513. The van der Waals surface area contributed by atoms with Crippen molar-refractivity contribution in [2.24, 2.45) is 0 Å². The Morgan fingerprint density at radius 1 is 0.969 bits per heavy atom. The maximum Gasteiger partial charge on any atom is 0.339 e. The second-order valence-corrected chi connectivity index (χ2v) is 8.19. The maximum absolute atomic E-state index is 12.3. The molecular formula is C25H21N5O2. The van der Waals surface area contributed by atoms with Gasteiger partial charge in [0, 0.05) is 49.3 Å². The zero-order valence-corrected chi connectivity index (χ0v) is 17.4. The van der Waals surface area contributed by atoms with Crippen molar-refractivity contribution in [2.75, 3.05) is 18.0 Å². The third kappa shape index (κ3) is 3.05. The van der Waals surface area contributed by atoms with Crippen LogP contribution in [0.3, 0.4) is 0 Å². The van der Waals surface area contributed by atoms with Crippen LogP contribution in [-0.4, -0.2) is 39.2 Å². The lowest BCUT2D eigenvalue weighted by molar-refractivity contribution is -0.0211. The van der Waals surface area contributed by atoms with Crippen molar-refractivity contribution in [3.63, 3.8) is 0 Å². The molecule has 2 aliphatic heterocycles. The van der Waals surface area contributed by atoms with Gasteiger partial charge in [0.05, 0.1) is 17.0 Å². The SMILES string of the molecule is O=C1OC2(CCN(c3cc(-c4ccnc(-c5ccccc5)n4)[nH]n3)CC2)c2ccccc21. The van der Waals surface area contributed by atoms with Crippen LogP contribution in [0.5, 0.6) is 0 Å². The van der Waals surface area contributed by atoms with Crippen molar-refractivity contribution in [1.82, 2.24) is 20.2 Å². The van der Waals surface area contributed by atoms with Crippen molar-refractivity contribution in [1.29, 1.82) is 0 Å². The predicted molar refractivity (Wildman–Crippen MR) is 120 cm³/mol. The largest absolute Gasteiger partial charge is 0.450 e. The van der Waals surface area contributed by atoms with Crippen molar-refractivity contribution >= 4 is 11.8 Å². The molecule has 1 saturated heterocycles. The molecule has 1 spiro atoms. The number of esters is 1. The quantitative estimate of drug-likeness (QED) is 0.497. The topological polar surface area (TPSA) is 84.0 Å². The summed E-state index contributed by atoms with van der Waals surface area (Å²) in [5, 5.41) is 7.64. The number of fused-ring (bicyclic) bond motifs is 2. The zero-order valence-electron chi connectivity index (χ0n) is 17.4. The number of H-pyrrole nitrogens is 1. The number of aromatic amines is 1. The van der Waals surface area contributed by atoms with Gasteiger partial charge in [-0.1, -0.05) is 48.5 Å². The summed E-state index contributed by atoms with van der Waals surface area (Å²) in [6.45, 7) is 1.51. The highest BCUT2D eigenvalue weighted by molar-refractivity contribution is 5.94. The maximum atomic E-state index is 12.3. The summed E-state index contributed by atoms with van der Waals surface area (Å²) in [5.41, 5.74) is 3.81. The Balaban J connectivity index is 1.21. The van der Waals surface area contributed by atoms with E-state index in [9.17, 15) is 4.79 Å². The Labute approximate surface area is 185 Å². The van der Waals surface area contributed by atoms with Gasteiger partial charge in [-0.15, -0.1) is 0 Å². The third-order valence-electron chi connectivity index (χ3n) is 6.35. The van der Waals surface area contributed by atoms with Crippen molar-refractivity contribution in [3.8, 4) is 22.8 Å². The first kappa shape index (κ1) is 18.7. The summed E-state index contributed by atoms with van der Waals surface area (Å²) in [6.07, 6.45) is 3.24. The summed E-state index contributed by atoms with van der Waals surface area (Å²) < 4.78 is 5.86. The van der Waals surface area contributed by atoms with E-state index in [-0.39, 0.29) is 5.97 Å². The number of rotatable bonds is 3. The van der Waals surface area contributed by atoms with E-state index in [0.717, 1.165) is 54.3 Å². The molecule has 7 heteroatoms. The van der Waals surface area contributed by atoms with E-state index in [1.54, 1.807) is 6.20 Å². The number of aromatic nitrogens is 4. The van der Waals surface area contributed by atoms with E-state index in [1.807, 2.05) is 66.7 Å². The summed E-state index contributed by atoms with van der Waals surface area (Å²) >= 11 is 0. The molecule has 0 bridgehead atoms. The van der Waals surface area contributed by atoms with Crippen LogP contribution in [-0.2, 0) is 10.3 Å². The van der Waals surface area contributed by atoms with Gasteiger partial charge >= 0.3 is 5.97 Å². The lowest BCUT2D eigenvalue weighted by Gasteiger charge is -2.38. The Morgan fingerprint density at radius 2 is 1.75 bits per heavy atom. The Morgan fingerprint density at radius 3 is 2.59 bits per heavy atom. The van der Waals surface area contributed by atoms with Crippen LogP contribution in [0.25, 0.3) is 22.8 Å². The van der Waals surface area contributed by atoms with E-state index < -0.39 is 5.60 Å². The van der Waals surface area contributed by atoms with E-state index in [4.69, 9.17) is 9.72 Å². The van der Waals surface area contributed by atoms with Gasteiger partial charge in [-0.2, -0.15) is 5.10 Å². The molecule has 0 unspecified atom stereocenters. The van der Waals surface area contributed by atoms with E-state index in [2.05, 4.69) is 20.1 Å². The second-order valence-electron chi connectivity index (χ2n) is 8.19. The van der Waals surface area contributed by atoms with Gasteiger partial charge in [-0.05, 0) is 12.1 Å². The van der Waals surface area contributed by atoms with Crippen molar-refractivity contribution < 1.29 is 9.53 Å². The number of hydrogen-bond donors (Lipinski definition) is 1. The first-order valence-electron chi connectivity index (χ1n) is 10.7. The minimum Gasteiger partial charge on any atom is -0.450 e. The van der Waals surface area contributed by atoms with Crippen LogP contribution >= 0.6 is 0 Å². The number of anilines is 1. The van der Waals surface area contributed by atoms with Crippen molar-refractivity contribution in [3.05, 3.63) is 84.1 Å². The fourth-order valence-electron chi connectivity index (χ4n) is 4.65. The molecule has 2 aromatic heterocycles. The van der Waals surface area contributed by atoms with Gasteiger partial charge in [0.2, 0.25) is 0 Å². The number of piperidine rings is 1. The van der Waals surface area contributed by atoms with Crippen LogP contribution in [0.15, 0.2) is 72.9 Å². The molecule has 0 aliphatic carbocycles. The molecule has 4 aromatic rings. The number of nitrogens with one attached hydrogen (secondary N) is 1. The van der Waals surface area contributed by atoms with E-state index in [0.29, 0.717) is 11.4 Å². The first-order valence-corrected chi connectivity index (χ1v) is 10.7. The normalized spacial score (nSPS) is 16.8. The monoisotopic (exact) mass is 423 g/mol. The number of hydrogen-bond acceptors (Lipinski definition) is 6. The molecular weight excluding hydrogens is 402 g/mol. The first-order chi connectivity index (χ1) is 15.7. The molecule has 0 saturated carbocycles. The molecule has 1 N–H and O–H groups in total. The van der Waals surface area contributed by atoms with Gasteiger partial charge in [-0.25, -0.2) is 14.8 Å². The highest BCUT2D eigenvalue weighted by atomic mass is 16.6. The standard InChI is InChI=1S/C25H21N5O2/c31-24-18-8-4-5-9-19(18)25(32-24)11-14-30(15-12-25)22-16-21(28-29-22)20-10-13-26-23(27-20)17-6-2-1-3-7-17/h1-10,13,16H,11-12,14-15H2,(H,28,29). The van der Waals surface area contributed by atoms with Gasteiger partial charge in [-0.3, -0.25) is 5.10 Å². The average Bonchev–Trinajstić information content (AvgIpc) is 3.45. The summed E-state index contributed by atoms with van der Waals surface area (Å²) in [7, 11) is 0. The number of carbonyl (C=O) groups is 1. The number of nitrogens with zero attached hydrogens (tertiary/aromatic N) is 4. The lowest BCUT2D eigenvalue weighted by atomic mass is 9.84. The lowest BCUT2D eigenvalue weighted by Crippen LogP contribution is -2.43. The van der Waals surface area contributed by atoms with Crippen LogP contribution in [0.1, 0.15) is 28.8 Å². The fourth-order valence-corrected chi connectivity index (χ4v) is 4.65. The van der Waals surface area contributed by atoms with E-state index in [1.165, 1.54) is 0 Å². The molecule has 6 rings (SSSR count).